The smallest absolute Gasteiger partial charge is 0.109 e. The number of imidazole rings is 1. The molecule has 8 heavy (non-hydrogen) atoms. The van der Waals surface area contributed by atoms with Crippen molar-refractivity contribution in [3.8, 4) is 0 Å². The van der Waals surface area contributed by atoms with Crippen molar-refractivity contribution in [3.63, 3.8) is 0 Å². The van der Waals surface area contributed by atoms with Crippen molar-refractivity contribution in [2.45, 2.75) is 13.0 Å². The molecule has 0 saturated heterocycles. The molecule has 2 radical (unpaired) electrons. The van der Waals surface area contributed by atoms with Crippen molar-refractivity contribution in [2.24, 2.45) is 0 Å². The van der Waals surface area contributed by atoms with Crippen LogP contribution in [0.1, 0.15) is 5.82 Å². The van der Waals surface area contributed by atoms with Crippen molar-refractivity contribution >= 4 is 0 Å². The molecule has 0 saturated carbocycles. The van der Waals surface area contributed by atoms with Gasteiger partial charge < -0.3 is 4.57 Å². The van der Waals surface area contributed by atoms with Crippen molar-refractivity contribution in [1.29, 1.82) is 0 Å². The first-order valence-electron chi connectivity index (χ1n) is 2.67. The van der Waals surface area contributed by atoms with Crippen LogP contribution in [0.4, 0.5) is 0 Å². The second-order valence-corrected chi connectivity index (χ2v) is 1.90. The molecule has 0 atom stereocenters. The van der Waals surface area contributed by atoms with Gasteiger partial charge in [0.25, 0.3) is 0 Å². The maximum Gasteiger partial charge on any atom is 0.109 e. The van der Waals surface area contributed by atoms with Gasteiger partial charge in [0.2, 0.25) is 0 Å². The Morgan fingerprint density at radius 1 is 1.75 bits per heavy atom. The molecular formula is C6H6N2. The Labute approximate surface area is 48.2 Å². The first kappa shape index (κ1) is 4.13. The first-order chi connectivity index (χ1) is 3.97. The summed E-state index contributed by atoms with van der Waals surface area (Å²) in [4.78, 5) is 4.10. The van der Waals surface area contributed by atoms with Gasteiger partial charge in [0.1, 0.15) is 5.82 Å². The Kier molecular flexibility index (Phi) is 0.692. The standard InChI is InChI=1S/C6H6N2/c1-2-6-7-3-5-8(6)4-1/h3,5H,2,4H2. The van der Waals surface area contributed by atoms with Gasteiger partial charge in [-0.1, -0.05) is 0 Å². The summed E-state index contributed by atoms with van der Waals surface area (Å²) in [6.07, 6.45) is 7.90. The lowest BCUT2D eigenvalue weighted by atomic mass is 10.4. The first-order valence-corrected chi connectivity index (χ1v) is 2.67. The maximum absolute atomic E-state index is 4.10. The quantitative estimate of drug-likeness (QED) is 0.471. The molecule has 1 aromatic heterocycles. The van der Waals surface area contributed by atoms with E-state index in [-0.39, 0.29) is 0 Å². The molecule has 0 aromatic carbocycles. The van der Waals surface area contributed by atoms with E-state index in [1.165, 1.54) is 0 Å². The van der Waals surface area contributed by atoms with Gasteiger partial charge in [-0.2, -0.15) is 0 Å². The van der Waals surface area contributed by atoms with Gasteiger partial charge in [-0.3, -0.25) is 0 Å². The molecule has 0 amide bonds. The van der Waals surface area contributed by atoms with E-state index in [2.05, 4.69) is 16.0 Å². The Hall–Kier alpha value is -0.790. The van der Waals surface area contributed by atoms with E-state index < -0.39 is 0 Å². The van der Waals surface area contributed by atoms with Crippen molar-refractivity contribution < 1.29 is 0 Å². The summed E-state index contributed by atoms with van der Waals surface area (Å²) in [6.45, 7) is 0.926. The molecule has 1 aliphatic rings. The van der Waals surface area contributed by atoms with E-state index in [0.29, 0.717) is 0 Å². The van der Waals surface area contributed by atoms with E-state index in [9.17, 15) is 0 Å². The molecule has 0 aliphatic carbocycles. The van der Waals surface area contributed by atoms with Crippen molar-refractivity contribution in [1.82, 2.24) is 9.55 Å². The Balaban J connectivity index is 2.54. The molecule has 1 aromatic rings. The van der Waals surface area contributed by atoms with E-state index in [1.807, 2.05) is 12.4 Å². The lowest BCUT2D eigenvalue weighted by Gasteiger charge is -1.87. The largest absolute Gasteiger partial charge is 0.334 e. The fourth-order valence-corrected chi connectivity index (χ4v) is 0.939. The van der Waals surface area contributed by atoms with Crippen LogP contribution in [0.2, 0.25) is 0 Å². The third-order valence-electron chi connectivity index (χ3n) is 1.37. The van der Waals surface area contributed by atoms with Gasteiger partial charge in [0.05, 0.1) is 0 Å². The minimum absolute atomic E-state index is 0.924. The molecule has 0 bridgehead atoms. The summed E-state index contributed by atoms with van der Waals surface area (Å²) in [5, 5.41) is 0. The lowest BCUT2D eigenvalue weighted by molar-refractivity contribution is 0.828. The van der Waals surface area contributed by atoms with Crippen LogP contribution in [-0.2, 0) is 13.0 Å². The molecule has 0 fully saturated rings. The monoisotopic (exact) mass is 106 g/mol. The van der Waals surface area contributed by atoms with E-state index in [0.717, 1.165) is 18.8 Å². The number of nitrogens with zero attached hydrogens (tertiary/aromatic N) is 2. The van der Waals surface area contributed by atoms with Crippen LogP contribution in [0.3, 0.4) is 0 Å². The summed E-state index contributed by atoms with van der Waals surface area (Å²) in [6, 6.07) is 0. The second kappa shape index (κ2) is 1.34. The normalized spacial score (nSPS) is 16.5. The van der Waals surface area contributed by atoms with E-state index in [4.69, 9.17) is 0 Å². The van der Waals surface area contributed by atoms with Crippen LogP contribution >= 0.6 is 0 Å². The average Bonchev–Trinajstić information content (AvgIpc) is 2.15. The van der Waals surface area contributed by atoms with Crippen molar-refractivity contribution in [3.05, 3.63) is 24.6 Å². The molecule has 0 unspecified atom stereocenters. The second-order valence-electron chi connectivity index (χ2n) is 1.90. The number of rotatable bonds is 0. The highest BCUT2D eigenvalue weighted by molar-refractivity contribution is 5.02. The number of hydrogen-bond donors (Lipinski definition) is 0. The predicted octanol–water partition coefficient (Wildman–Crippen LogP) is 0.520. The summed E-state index contributed by atoms with van der Waals surface area (Å²) >= 11 is 0. The highest BCUT2D eigenvalue weighted by atomic mass is 15.1. The summed E-state index contributed by atoms with van der Waals surface area (Å²) in [7, 11) is 0. The Morgan fingerprint density at radius 3 is 3.62 bits per heavy atom. The SMILES string of the molecule is [C]1Cc2nccn2C1. The van der Waals surface area contributed by atoms with Crippen LogP contribution in [-0.4, -0.2) is 9.55 Å². The van der Waals surface area contributed by atoms with Crippen molar-refractivity contribution in [2.75, 3.05) is 0 Å². The van der Waals surface area contributed by atoms with Gasteiger partial charge in [0.15, 0.2) is 0 Å². The van der Waals surface area contributed by atoms with Crippen LogP contribution in [0.5, 0.6) is 0 Å². The minimum atomic E-state index is 0.924. The fourth-order valence-electron chi connectivity index (χ4n) is 0.939. The number of hydrogen-bond acceptors (Lipinski definition) is 1. The zero-order valence-electron chi connectivity index (χ0n) is 4.46. The maximum atomic E-state index is 4.10. The third kappa shape index (κ3) is 0.399. The highest BCUT2D eigenvalue weighted by Gasteiger charge is 2.08. The molecular weight excluding hydrogens is 100 g/mol. The van der Waals surface area contributed by atoms with Gasteiger partial charge in [-0.05, 0) is 0 Å². The van der Waals surface area contributed by atoms with Crippen LogP contribution in [0.15, 0.2) is 12.4 Å². The van der Waals surface area contributed by atoms with Gasteiger partial charge >= 0.3 is 0 Å². The summed E-state index contributed by atoms with van der Waals surface area (Å²) in [5.74, 6) is 1.14. The van der Waals surface area contributed by atoms with Gasteiger partial charge in [-0.15, -0.1) is 0 Å². The van der Waals surface area contributed by atoms with E-state index in [1.54, 1.807) is 0 Å². The fraction of sp³-hybridized carbons (Fsp3) is 0.333. The molecule has 0 N–H and O–H groups in total. The Bertz CT molecular complexity index is 172. The van der Waals surface area contributed by atoms with Crippen LogP contribution in [0, 0.1) is 6.42 Å². The summed E-state index contributed by atoms with van der Waals surface area (Å²) in [5.41, 5.74) is 0. The molecule has 1 aliphatic heterocycles. The molecule has 2 nitrogen and oxygen atoms in total. The average molecular weight is 106 g/mol. The minimum Gasteiger partial charge on any atom is -0.334 e. The Morgan fingerprint density at radius 2 is 2.75 bits per heavy atom. The highest BCUT2D eigenvalue weighted by Crippen LogP contribution is 2.09. The van der Waals surface area contributed by atoms with E-state index >= 15 is 0 Å². The topological polar surface area (TPSA) is 17.8 Å². The predicted molar refractivity (Wildman–Crippen MR) is 29.2 cm³/mol. The molecule has 40 valence electrons. The molecule has 0 spiro atoms. The number of aromatic nitrogens is 2. The lowest BCUT2D eigenvalue weighted by Crippen LogP contribution is -1.87. The zero-order valence-corrected chi connectivity index (χ0v) is 4.46. The third-order valence-corrected chi connectivity index (χ3v) is 1.37. The zero-order chi connectivity index (χ0) is 5.40. The van der Waals surface area contributed by atoms with Gasteiger partial charge in [-0.25, -0.2) is 4.98 Å². The van der Waals surface area contributed by atoms with Crippen LogP contribution in [0.25, 0.3) is 0 Å². The number of fused-ring (bicyclic) bond motifs is 1. The molecule has 2 heteroatoms. The summed E-state index contributed by atoms with van der Waals surface area (Å²) < 4.78 is 2.10. The molecule has 2 heterocycles. The molecule has 2 rings (SSSR count). The van der Waals surface area contributed by atoms with Crippen LogP contribution < -0.4 is 0 Å². The van der Waals surface area contributed by atoms with Gasteiger partial charge in [0, 0.05) is 31.8 Å².